The molecule has 0 atom stereocenters. The molecule has 0 saturated heterocycles. The first-order valence-electron chi connectivity index (χ1n) is 9.65. The van der Waals surface area contributed by atoms with E-state index in [1.165, 1.54) is 28.5 Å². The zero-order valence-corrected chi connectivity index (χ0v) is 18.0. The molecule has 1 aliphatic rings. The van der Waals surface area contributed by atoms with Gasteiger partial charge in [-0.15, -0.1) is 0 Å². The molecule has 30 heavy (non-hydrogen) atoms. The molecule has 0 saturated carbocycles. The zero-order chi connectivity index (χ0) is 21.1. The Morgan fingerprint density at radius 1 is 1.00 bits per heavy atom. The van der Waals surface area contributed by atoms with E-state index in [4.69, 9.17) is 10.5 Å². The highest BCUT2D eigenvalue weighted by Gasteiger charge is 2.16. The molecule has 0 unspecified atom stereocenters. The molecule has 2 heterocycles. The number of benzene rings is 2. The summed E-state index contributed by atoms with van der Waals surface area (Å²) in [6, 6.07) is 15.9. The SMILES string of the molecule is CSc1nc(N)cc(Oc2ccc(C3=NN=C(Cc4cc(C)ccc4C)C3)cc2)n1. The van der Waals surface area contributed by atoms with Crippen LogP contribution in [0.25, 0.3) is 0 Å². The van der Waals surface area contributed by atoms with Crippen LogP contribution in [-0.4, -0.2) is 27.6 Å². The molecule has 152 valence electrons. The molecular weight excluding hydrogens is 394 g/mol. The quantitative estimate of drug-likeness (QED) is 0.451. The first-order chi connectivity index (χ1) is 14.5. The van der Waals surface area contributed by atoms with Crippen molar-refractivity contribution >= 4 is 29.0 Å². The Hall–Kier alpha value is -3.19. The van der Waals surface area contributed by atoms with Gasteiger partial charge in [-0.2, -0.15) is 15.2 Å². The third-order valence-corrected chi connectivity index (χ3v) is 5.42. The van der Waals surface area contributed by atoms with Gasteiger partial charge in [-0.05, 0) is 61.1 Å². The van der Waals surface area contributed by atoms with Crippen LogP contribution in [0, 0.1) is 13.8 Å². The van der Waals surface area contributed by atoms with Crippen LogP contribution in [-0.2, 0) is 6.42 Å². The molecule has 1 aliphatic heterocycles. The summed E-state index contributed by atoms with van der Waals surface area (Å²) >= 11 is 1.42. The monoisotopic (exact) mass is 417 g/mol. The van der Waals surface area contributed by atoms with Gasteiger partial charge in [-0.1, -0.05) is 35.5 Å². The Bertz CT molecular complexity index is 1140. The van der Waals surface area contributed by atoms with Crippen molar-refractivity contribution in [3.05, 3.63) is 70.8 Å². The van der Waals surface area contributed by atoms with Gasteiger partial charge in [0.1, 0.15) is 11.6 Å². The third kappa shape index (κ3) is 4.68. The van der Waals surface area contributed by atoms with E-state index >= 15 is 0 Å². The molecule has 4 rings (SSSR count). The maximum absolute atomic E-state index is 5.83. The van der Waals surface area contributed by atoms with Gasteiger partial charge < -0.3 is 10.5 Å². The summed E-state index contributed by atoms with van der Waals surface area (Å²) < 4.78 is 5.83. The zero-order valence-electron chi connectivity index (χ0n) is 17.2. The van der Waals surface area contributed by atoms with Gasteiger partial charge in [0.2, 0.25) is 5.88 Å². The number of nitrogens with two attached hydrogens (primary N) is 1. The number of aryl methyl sites for hydroxylation is 2. The number of anilines is 1. The number of hydrogen-bond acceptors (Lipinski definition) is 7. The lowest BCUT2D eigenvalue weighted by Crippen LogP contribution is -2.07. The van der Waals surface area contributed by atoms with Crippen LogP contribution in [0.1, 0.15) is 28.7 Å². The fourth-order valence-corrected chi connectivity index (χ4v) is 3.64. The van der Waals surface area contributed by atoms with Crippen LogP contribution >= 0.6 is 11.8 Å². The number of rotatable bonds is 6. The van der Waals surface area contributed by atoms with Crippen LogP contribution in [0.2, 0.25) is 0 Å². The van der Waals surface area contributed by atoms with E-state index in [1.807, 2.05) is 30.5 Å². The summed E-state index contributed by atoms with van der Waals surface area (Å²) in [6.07, 6.45) is 3.48. The predicted octanol–water partition coefficient (Wildman–Crippen LogP) is 4.98. The molecule has 0 amide bonds. The first kappa shape index (κ1) is 20.1. The highest BCUT2D eigenvalue weighted by Crippen LogP contribution is 2.25. The van der Waals surface area contributed by atoms with Gasteiger partial charge in [0.15, 0.2) is 5.16 Å². The Morgan fingerprint density at radius 2 is 1.80 bits per heavy atom. The second-order valence-electron chi connectivity index (χ2n) is 7.24. The normalized spacial score (nSPS) is 13.2. The molecular formula is C23H23N5OS. The van der Waals surface area contributed by atoms with Crippen molar-refractivity contribution in [3.63, 3.8) is 0 Å². The molecule has 0 aliphatic carbocycles. The average molecular weight is 418 g/mol. The van der Waals surface area contributed by atoms with Gasteiger partial charge in [-0.3, -0.25) is 0 Å². The van der Waals surface area contributed by atoms with E-state index in [1.54, 1.807) is 6.07 Å². The maximum atomic E-state index is 5.83. The maximum Gasteiger partial charge on any atom is 0.225 e. The minimum absolute atomic E-state index is 0.384. The van der Waals surface area contributed by atoms with Crippen LogP contribution in [0.5, 0.6) is 11.6 Å². The number of thioether (sulfide) groups is 1. The van der Waals surface area contributed by atoms with Crippen molar-refractivity contribution in [2.45, 2.75) is 31.8 Å². The van der Waals surface area contributed by atoms with E-state index in [0.29, 0.717) is 22.6 Å². The first-order valence-corrected chi connectivity index (χ1v) is 10.9. The molecule has 0 radical (unpaired) electrons. The van der Waals surface area contributed by atoms with Crippen molar-refractivity contribution in [1.29, 1.82) is 0 Å². The largest absolute Gasteiger partial charge is 0.439 e. The van der Waals surface area contributed by atoms with Crippen molar-refractivity contribution in [3.8, 4) is 11.6 Å². The van der Waals surface area contributed by atoms with Crippen molar-refractivity contribution in [2.75, 3.05) is 12.0 Å². The molecule has 6 nitrogen and oxygen atoms in total. The minimum Gasteiger partial charge on any atom is -0.439 e. The summed E-state index contributed by atoms with van der Waals surface area (Å²) in [6.45, 7) is 4.25. The molecule has 2 aromatic carbocycles. The molecule has 7 heteroatoms. The van der Waals surface area contributed by atoms with Gasteiger partial charge in [0.25, 0.3) is 0 Å². The molecule has 0 bridgehead atoms. The standard InChI is InChI=1S/C23H23N5OS/c1-14-4-5-15(2)17(10-14)11-18-12-20(28-27-18)16-6-8-19(9-7-16)29-22-13-21(24)25-23(26-22)30-3/h4-10,13H,11-12H2,1-3H3,(H2,24,25,26). The number of hydrogen-bond donors (Lipinski definition) is 1. The summed E-state index contributed by atoms with van der Waals surface area (Å²) in [5.41, 5.74) is 12.8. The lowest BCUT2D eigenvalue weighted by atomic mass is 9.97. The summed E-state index contributed by atoms with van der Waals surface area (Å²) in [5.74, 6) is 1.49. The number of ether oxygens (including phenoxy) is 1. The van der Waals surface area contributed by atoms with E-state index in [0.717, 1.165) is 29.8 Å². The molecule has 3 aromatic rings. The Balaban J connectivity index is 1.40. The Labute approximate surface area is 180 Å². The van der Waals surface area contributed by atoms with Gasteiger partial charge in [0.05, 0.1) is 11.4 Å². The van der Waals surface area contributed by atoms with Gasteiger partial charge >= 0.3 is 0 Å². The van der Waals surface area contributed by atoms with E-state index in [9.17, 15) is 0 Å². The second kappa shape index (κ2) is 8.67. The Morgan fingerprint density at radius 3 is 2.57 bits per heavy atom. The smallest absolute Gasteiger partial charge is 0.225 e. The lowest BCUT2D eigenvalue weighted by Gasteiger charge is -2.08. The van der Waals surface area contributed by atoms with E-state index < -0.39 is 0 Å². The fraction of sp³-hybridized carbons (Fsp3) is 0.217. The number of nitrogen functional groups attached to an aromatic ring is 1. The minimum atomic E-state index is 0.384. The van der Waals surface area contributed by atoms with Crippen LogP contribution in [0.4, 0.5) is 5.82 Å². The van der Waals surface area contributed by atoms with Crippen LogP contribution in [0.15, 0.2) is 63.9 Å². The number of aromatic nitrogens is 2. The molecule has 2 N–H and O–H groups in total. The highest BCUT2D eigenvalue weighted by atomic mass is 32.2. The van der Waals surface area contributed by atoms with E-state index in [2.05, 4.69) is 52.2 Å². The fourth-order valence-electron chi connectivity index (χ4n) is 3.26. The van der Waals surface area contributed by atoms with Crippen molar-refractivity contribution < 1.29 is 4.74 Å². The van der Waals surface area contributed by atoms with Crippen LogP contribution in [0.3, 0.4) is 0 Å². The van der Waals surface area contributed by atoms with Crippen molar-refractivity contribution in [1.82, 2.24) is 9.97 Å². The van der Waals surface area contributed by atoms with Gasteiger partial charge in [0, 0.05) is 18.9 Å². The molecule has 0 fully saturated rings. The lowest BCUT2D eigenvalue weighted by molar-refractivity contribution is 0.456. The van der Waals surface area contributed by atoms with E-state index in [-0.39, 0.29) is 0 Å². The predicted molar refractivity (Wildman–Crippen MR) is 123 cm³/mol. The number of nitrogens with zero attached hydrogens (tertiary/aromatic N) is 4. The topological polar surface area (TPSA) is 85.8 Å². The third-order valence-electron chi connectivity index (χ3n) is 4.88. The summed E-state index contributed by atoms with van der Waals surface area (Å²) in [5, 5.41) is 9.41. The highest BCUT2D eigenvalue weighted by molar-refractivity contribution is 7.98. The molecule has 1 aromatic heterocycles. The summed E-state index contributed by atoms with van der Waals surface area (Å²) in [4.78, 5) is 8.45. The second-order valence-corrected chi connectivity index (χ2v) is 8.01. The van der Waals surface area contributed by atoms with Crippen LogP contribution < -0.4 is 10.5 Å². The molecule has 0 spiro atoms. The van der Waals surface area contributed by atoms with Crippen molar-refractivity contribution in [2.24, 2.45) is 10.2 Å². The average Bonchev–Trinajstić information content (AvgIpc) is 3.19. The van der Waals surface area contributed by atoms with Gasteiger partial charge in [-0.25, -0.2) is 4.98 Å². The Kier molecular flexibility index (Phi) is 5.81. The summed E-state index contributed by atoms with van der Waals surface area (Å²) in [7, 11) is 0.